The van der Waals surface area contributed by atoms with Gasteiger partial charge in [-0.25, -0.2) is 13.6 Å². The summed E-state index contributed by atoms with van der Waals surface area (Å²) in [6.45, 7) is 1.76. The Labute approximate surface area is 134 Å². The molecule has 0 saturated heterocycles. The second kappa shape index (κ2) is 6.48. The van der Waals surface area contributed by atoms with Gasteiger partial charge in [0.15, 0.2) is 0 Å². The number of benzene rings is 2. The number of hydrogen-bond acceptors (Lipinski definition) is 3. The minimum absolute atomic E-state index is 0.0117. The molecule has 0 aromatic heterocycles. The fourth-order valence-electron chi connectivity index (χ4n) is 1.93. The summed E-state index contributed by atoms with van der Waals surface area (Å²) in [6.07, 6.45) is 0. The van der Waals surface area contributed by atoms with E-state index in [4.69, 9.17) is 16.7 Å². The van der Waals surface area contributed by atoms with Crippen molar-refractivity contribution in [1.29, 1.82) is 0 Å². The number of halogens is 1. The molecular formula is C15H15ClN2O3S. The maximum absolute atomic E-state index is 12.1. The Morgan fingerprint density at radius 1 is 1.18 bits per heavy atom. The summed E-state index contributed by atoms with van der Waals surface area (Å²) in [5.74, 6) is -0.273. The first-order valence-electron chi connectivity index (χ1n) is 6.46. The van der Waals surface area contributed by atoms with E-state index in [0.29, 0.717) is 16.1 Å². The number of rotatable bonds is 4. The molecule has 0 spiro atoms. The molecule has 2 rings (SSSR count). The van der Waals surface area contributed by atoms with E-state index < -0.39 is 10.0 Å². The van der Waals surface area contributed by atoms with Gasteiger partial charge in [-0.15, -0.1) is 0 Å². The maximum Gasteiger partial charge on any atom is 0.251 e. The number of hydrogen-bond donors (Lipinski definition) is 2. The van der Waals surface area contributed by atoms with Crippen LogP contribution in [0.1, 0.15) is 28.9 Å². The molecule has 5 nitrogen and oxygen atoms in total. The predicted molar refractivity (Wildman–Crippen MR) is 85.1 cm³/mol. The fourth-order valence-corrected chi connectivity index (χ4v) is 2.62. The van der Waals surface area contributed by atoms with Crippen molar-refractivity contribution >= 4 is 27.5 Å². The van der Waals surface area contributed by atoms with Crippen molar-refractivity contribution in [3.63, 3.8) is 0 Å². The summed E-state index contributed by atoms with van der Waals surface area (Å²) in [7, 11) is -3.77. The lowest BCUT2D eigenvalue weighted by Crippen LogP contribution is -2.26. The van der Waals surface area contributed by atoms with Crippen LogP contribution in [-0.2, 0) is 10.0 Å². The summed E-state index contributed by atoms with van der Waals surface area (Å²) in [6, 6.07) is 12.3. The van der Waals surface area contributed by atoms with Gasteiger partial charge in [-0.3, -0.25) is 4.79 Å². The third-order valence-electron chi connectivity index (χ3n) is 3.14. The molecule has 2 aromatic carbocycles. The Hall–Kier alpha value is -1.89. The van der Waals surface area contributed by atoms with E-state index in [2.05, 4.69) is 5.32 Å². The maximum atomic E-state index is 12.1. The van der Waals surface area contributed by atoms with Crippen LogP contribution in [0.3, 0.4) is 0 Å². The Morgan fingerprint density at radius 3 is 2.41 bits per heavy atom. The molecule has 0 unspecified atom stereocenters. The van der Waals surface area contributed by atoms with Gasteiger partial charge in [0.2, 0.25) is 10.0 Å². The first-order valence-corrected chi connectivity index (χ1v) is 8.39. The number of amides is 1. The van der Waals surface area contributed by atoms with Crippen LogP contribution in [0, 0.1) is 0 Å². The molecular weight excluding hydrogens is 324 g/mol. The Bertz CT molecular complexity index is 789. The average molecular weight is 339 g/mol. The molecule has 0 heterocycles. The lowest BCUT2D eigenvalue weighted by molar-refractivity contribution is 0.0940. The number of carbonyl (C=O) groups is 1. The van der Waals surface area contributed by atoms with Crippen LogP contribution < -0.4 is 10.5 Å². The van der Waals surface area contributed by atoms with Crippen LogP contribution >= 0.6 is 11.6 Å². The van der Waals surface area contributed by atoms with Crippen LogP contribution in [0.4, 0.5) is 0 Å². The highest BCUT2D eigenvalue weighted by Gasteiger charge is 2.14. The molecule has 0 bridgehead atoms. The van der Waals surface area contributed by atoms with E-state index in [1.807, 2.05) is 0 Å². The number of carbonyl (C=O) groups excluding carboxylic acids is 1. The molecule has 1 amide bonds. The number of sulfonamides is 1. The third-order valence-corrected chi connectivity index (χ3v) is 4.30. The monoisotopic (exact) mass is 338 g/mol. The van der Waals surface area contributed by atoms with E-state index in [-0.39, 0.29) is 16.8 Å². The summed E-state index contributed by atoms with van der Waals surface area (Å²) in [4.78, 5) is 12.1. The third kappa shape index (κ3) is 4.07. The SMILES string of the molecule is C[C@@H](NC(=O)c1ccc(Cl)cc1)c1cccc(S(N)(=O)=O)c1. The van der Waals surface area contributed by atoms with Crippen LogP contribution in [0.25, 0.3) is 0 Å². The largest absolute Gasteiger partial charge is 0.346 e. The van der Waals surface area contributed by atoms with Gasteiger partial charge in [-0.2, -0.15) is 0 Å². The van der Waals surface area contributed by atoms with Crippen molar-refractivity contribution in [2.75, 3.05) is 0 Å². The topological polar surface area (TPSA) is 89.3 Å². The molecule has 1 atom stereocenters. The fraction of sp³-hybridized carbons (Fsp3) is 0.133. The van der Waals surface area contributed by atoms with Gasteiger partial charge in [0.05, 0.1) is 10.9 Å². The Kier molecular flexibility index (Phi) is 4.85. The van der Waals surface area contributed by atoms with Gasteiger partial charge in [0.25, 0.3) is 5.91 Å². The molecule has 0 aliphatic heterocycles. The van der Waals surface area contributed by atoms with Gasteiger partial charge < -0.3 is 5.32 Å². The van der Waals surface area contributed by atoms with E-state index in [1.54, 1.807) is 43.3 Å². The van der Waals surface area contributed by atoms with Crippen molar-refractivity contribution in [3.05, 3.63) is 64.7 Å². The summed E-state index contributed by atoms with van der Waals surface area (Å²) in [5, 5.41) is 8.44. The van der Waals surface area contributed by atoms with E-state index >= 15 is 0 Å². The van der Waals surface area contributed by atoms with Crippen molar-refractivity contribution < 1.29 is 13.2 Å². The first-order chi connectivity index (χ1) is 10.3. The molecule has 22 heavy (non-hydrogen) atoms. The Balaban J connectivity index is 2.17. The zero-order valence-corrected chi connectivity index (χ0v) is 13.4. The lowest BCUT2D eigenvalue weighted by atomic mass is 10.1. The highest BCUT2D eigenvalue weighted by Crippen LogP contribution is 2.17. The molecule has 0 saturated carbocycles. The van der Waals surface area contributed by atoms with Gasteiger partial charge >= 0.3 is 0 Å². The molecule has 7 heteroatoms. The van der Waals surface area contributed by atoms with Crippen LogP contribution in [-0.4, -0.2) is 14.3 Å². The predicted octanol–water partition coefficient (Wildman–Crippen LogP) is 2.48. The normalized spacial score (nSPS) is 12.7. The molecule has 0 aliphatic rings. The molecule has 0 radical (unpaired) electrons. The zero-order chi connectivity index (χ0) is 16.3. The van der Waals surface area contributed by atoms with Gasteiger partial charge in [-0.05, 0) is 48.9 Å². The lowest BCUT2D eigenvalue weighted by Gasteiger charge is -2.15. The number of nitrogens with one attached hydrogen (secondary N) is 1. The minimum atomic E-state index is -3.77. The zero-order valence-electron chi connectivity index (χ0n) is 11.8. The van der Waals surface area contributed by atoms with Crippen molar-refractivity contribution in [2.45, 2.75) is 17.9 Å². The molecule has 0 fully saturated rings. The van der Waals surface area contributed by atoms with Crippen molar-refractivity contribution in [3.8, 4) is 0 Å². The highest BCUT2D eigenvalue weighted by atomic mass is 35.5. The van der Waals surface area contributed by atoms with Gasteiger partial charge in [0, 0.05) is 10.6 Å². The minimum Gasteiger partial charge on any atom is -0.346 e. The van der Waals surface area contributed by atoms with Crippen LogP contribution in [0.5, 0.6) is 0 Å². The summed E-state index contributed by atoms with van der Waals surface area (Å²) < 4.78 is 22.7. The average Bonchev–Trinajstić information content (AvgIpc) is 2.47. The Morgan fingerprint density at radius 2 is 1.82 bits per heavy atom. The molecule has 2 aromatic rings. The van der Waals surface area contributed by atoms with Crippen molar-refractivity contribution in [1.82, 2.24) is 5.32 Å². The second-order valence-corrected chi connectivity index (χ2v) is 6.82. The quantitative estimate of drug-likeness (QED) is 0.897. The highest BCUT2D eigenvalue weighted by molar-refractivity contribution is 7.89. The number of nitrogens with two attached hydrogens (primary N) is 1. The van der Waals surface area contributed by atoms with Crippen LogP contribution in [0.15, 0.2) is 53.4 Å². The first kappa shape index (κ1) is 16.5. The van der Waals surface area contributed by atoms with Gasteiger partial charge in [-0.1, -0.05) is 23.7 Å². The molecule has 3 N–H and O–H groups in total. The molecule has 116 valence electrons. The van der Waals surface area contributed by atoms with E-state index in [1.165, 1.54) is 12.1 Å². The smallest absolute Gasteiger partial charge is 0.251 e. The van der Waals surface area contributed by atoms with Gasteiger partial charge in [0.1, 0.15) is 0 Å². The number of primary sulfonamides is 1. The van der Waals surface area contributed by atoms with E-state index in [0.717, 1.165) is 0 Å². The summed E-state index contributed by atoms with van der Waals surface area (Å²) >= 11 is 5.78. The van der Waals surface area contributed by atoms with E-state index in [9.17, 15) is 13.2 Å². The summed E-state index contributed by atoms with van der Waals surface area (Å²) in [5.41, 5.74) is 1.12. The molecule has 0 aliphatic carbocycles. The second-order valence-electron chi connectivity index (χ2n) is 4.82. The van der Waals surface area contributed by atoms with Crippen LogP contribution in [0.2, 0.25) is 5.02 Å². The standard InChI is InChI=1S/C15H15ClN2O3S/c1-10(12-3-2-4-14(9-12)22(17,20)21)18-15(19)11-5-7-13(16)8-6-11/h2-10H,1H3,(H,18,19)(H2,17,20,21)/t10-/m1/s1. The van der Waals surface area contributed by atoms with Crippen molar-refractivity contribution in [2.24, 2.45) is 5.14 Å².